The average Bonchev–Trinajstić information content (AvgIpc) is 2.24. The van der Waals surface area contributed by atoms with E-state index in [1.54, 1.807) is 0 Å². The third-order valence-electron chi connectivity index (χ3n) is 1.47. The van der Waals surface area contributed by atoms with Crippen molar-refractivity contribution in [1.82, 2.24) is 0 Å². The van der Waals surface area contributed by atoms with Gasteiger partial charge in [-0.2, -0.15) is 21.6 Å². The van der Waals surface area contributed by atoms with Crippen molar-refractivity contribution in [2.24, 2.45) is 4.99 Å². The molecule has 0 aliphatic rings. The Kier molecular flexibility index (Phi) is 6.54. The first-order chi connectivity index (χ1) is 8.92. The maximum absolute atomic E-state index is 12.2. The minimum Gasteiger partial charge on any atom is -0.462 e. The fourth-order valence-electron chi connectivity index (χ4n) is 0.752. The van der Waals surface area contributed by atoms with Crippen LogP contribution in [0.2, 0.25) is 0 Å². The van der Waals surface area contributed by atoms with E-state index in [4.69, 9.17) is 0 Å². The molecule has 0 atom stereocenters. The number of hydrogen-bond acceptors (Lipinski definition) is 7. The van der Waals surface area contributed by atoms with Gasteiger partial charge in [0.2, 0.25) is 0 Å². The molecule has 0 amide bonds. The summed E-state index contributed by atoms with van der Waals surface area (Å²) in [6, 6.07) is 0. The molecular weight excluding hydrogens is 323 g/mol. The van der Waals surface area contributed by atoms with Crippen LogP contribution in [0.5, 0.6) is 0 Å². The largest absolute Gasteiger partial charge is 0.534 e. The van der Waals surface area contributed by atoms with E-state index in [0.29, 0.717) is 0 Å². The van der Waals surface area contributed by atoms with Crippen LogP contribution in [-0.4, -0.2) is 32.2 Å². The lowest BCUT2D eigenvalue weighted by molar-refractivity contribution is -0.137. The normalized spacial score (nSPS) is 13.3. The summed E-state index contributed by atoms with van der Waals surface area (Å²) in [5.74, 6) is -2.27. The number of thiol groups is 1. The molecule has 0 aliphatic carbocycles. The van der Waals surface area contributed by atoms with Crippen molar-refractivity contribution in [1.29, 1.82) is 0 Å². The predicted octanol–water partition coefficient (Wildman–Crippen LogP) is 2.00. The Morgan fingerprint density at radius 2 is 1.80 bits per heavy atom. The Hall–Kier alpha value is -1.23. The summed E-state index contributed by atoms with van der Waals surface area (Å²) in [7, 11) is -5.96. The van der Waals surface area contributed by atoms with Gasteiger partial charge in [0, 0.05) is 5.71 Å². The first-order valence-electron chi connectivity index (χ1n) is 5.05. The summed E-state index contributed by atoms with van der Waals surface area (Å²) in [4.78, 5) is 13.9. The number of halogens is 3. The maximum Gasteiger partial charge on any atom is 0.534 e. The summed E-state index contributed by atoms with van der Waals surface area (Å²) in [5, 5.41) is 0. The number of hydrogen-bond donors (Lipinski definition) is 1. The molecule has 0 aliphatic heterocycles. The number of aliphatic imine (C=N–C) groups is 1. The lowest BCUT2D eigenvalue weighted by atomic mass is 10.5. The number of alkyl halides is 3. The molecule has 11 heteroatoms. The molecule has 0 bridgehead atoms. The Labute approximate surface area is 119 Å². The van der Waals surface area contributed by atoms with Crippen LogP contribution in [0.15, 0.2) is 15.8 Å². The molecule has 116 valence electrons. The van der Waals surface area contributed by atoms with Crippen LogP contribution in [-0.2, 0) is 23.8 Å². The predicted molar refractivity (Wildman–Crippen MR) is 67.5 cm³/mol. The van der Waals surface area contributed by atoms with Crippen molar-refractivity contribution in [3.63, 3.8) is 0 Å². The summed E-state index contributed by atoms with van der Waals surface area (Å²) in [5.41, 5.74) is -5.51. The zero-order valence-electron chi connectivity index (χ0n) is 10.7. The van der Waals surface area contributed by atoms with Crippen molar-refractivity contribution in [2.45, 2.75) is 26.3 Å². The zero-order valence-corrected chi connectivity index (χ0v) is 12.4. The van der Waals surface area contributed by atoms with Crippen LogP contribution in [0, 0.1) is 0 Å². The third-order valence-corrected chi connectivity index (χ3v) is 2.79. The van der Waals surface area contributed by atoms with Gasteiger partial charge >= 0.3 is 21.6 Å². The molecule has 0 radical (unpaired) electrons. The molecule has 0 spiro atoms. The lowest BCUT2D eigenvalue weighted by Gasteiger charge is -2.11. The van der Waals surface area contributed by atoms with Crippen molar-refractivity contribution in [2.75, 3.05) is 6.61 Å². The smallest absolute Gasteiger partial charge is 0.462 e. The topological polar surface area (TPSA) is 82.0 Å². The monoisotopic (exact) mass is 335 g/mol. The van der Waals surface area contributed by atoms with Crippen molar-refractivity contribution in [3.8, 4) is 0 Å². The van der Waals surface area contributed by atoms with Gasteiger partial charge in [0.15, 0.2) is 4.91 Å². The fraction of sp³-hybridized carbons (Fsp3) is 0.556. The van der Waals surface area contributed by atoms with E-state index in [-0.39, 0.29) is 12.3 Å². The number of ether oxygens (including phenoxy) is 1. The van der Waals surface area contributed by atoms with Gasteiger partial charge in [0.1, 0.15) is 0 Å². The molecule has 0 saturated carbocycles. The van der Waals surface area contributed by atoms with E-state index in [0.717, 1.165) is 0 Å². The minimum atomic E-state index is -5.96. The minimum absolute atomic E-state index is 0.0863. The van der Waals surface area contributed by atoms with E-state index in [1.807, 2.05) is 0 Å². The first kappa shape index (κ1) is 18.8. The Morgan fingerprint density at radius 3 is 2.15 bits per heavy atom. The van der Waals surface area contributed by atoms with Crippen LogP contribution in [0.25, 0.3) is 0 Å². The second-order valence-corrected chi connectivity index (χ2v) is 5.40. The molecule has 0 unspecified atom stereocenters. The van der Waals surface area contributed by atoms with Gasteiger partial charge in [-0.1, -0.05) is 0 Å². The molecule has 6 nitrogen and oxygen atoms in total. The van der Waals surface area contributed by atoms with E-state index >= 15 is 0 Å². The fourth-order valence-corrected chi connectivity index (χ4v) is 1.40. The maximum atomic E-state index is 12.2. The Balaban J connectivity index is 5.69. The number of carbonyl (C=O) groups excluding carboxylic acids is 1. The quantitative estimate of drug-likeness (QED) is 0.158. The van der Waals surface area contributed by atoms with Gasteiger partial charge in [0.25, 0.3) is 5.88 Å². The van der Waals surface area contributed by atoms with Gasteiger partial charge in [-0.05, 0) is 20.8 Å². The van der Waals surface area contributed by atoms with Gasteiger partial charge in [-0.25, -0.2) is 9.79 Å². The van der Waals surface area contributed by atoms with E-state index in [9.17, 15) is 26.4 Å². The second kappa shape index (κ2) is 6.97. The highest BCUT2D eigenvalue weighted by molar-refractivity contribution is 7.88. The SMILES string of the molecule is CCOC(=O)/C(S)=C(/N=C(C)C)OS(=O)(=O)C(F)(F)F. The summed E-state index contributed by atoms with van der Waals surface area (Å²) >= 11 is 3.58. The third kappa shape index (κ3) is 5.41. The average molecular weight is 335 g/mol. The molecule has 0 aromatic heterocycles. The number of carbonyl (C=O) groups is 1. The molecular formula is C9H12F3NO5S2. The van der Waals surface area contributed by atoms with Crippen LogP contribution >= 0.6 is 12.6 Å². The number of rotatable bonds is 5. The van der Waals surface area contributed by atoms with E-state index in [1.165, 1.54) is 20.8 Å². The van der Waals surface area contributed by atoms with Gasteiger partial charge in [0.05, 0.1) is 6.61 Å². The summed E-state index contributed by atoms with van der Waals surface area (Å²) in [6.07, 6.45) is 0. The van der Waals surface area contributed by atoms with Crippen molar-refractivity contribution >= 4 is 34.4 Å². The molecule has 0 aromatic rings. The molecule has 0 heterocycles. The Bertz CT molecular complexity index is 532. The van der Waals surface area contributed by atoms with Crippen LogP contribution in [0.4, 0.5) is 13.2 Å². The van der Waals surface area contributed by atoms with Gasteiger partial charge in [-0.3, -0.25) is 0 Å². The van der Waals surface area contributed by atoms with Gasteiger partial charge < -0.3 is 8.92 Å². The molecule has 20 heavy (non-hydrogen) atoms. The van der Waals surface area contributed by atoms with E-state index < -0.39 is 32.4 Å². The lowest BCUT2D eigenvalue weighted by Crippen LogP contribution is -2.26. The molecule has 0 saturated heterocycles. The second-order valence-electron chi connectivity index (χ2n) is 3.42. The number of nitrogens with zero attached hydrogens (tertiary/aromatic N) is 1. The van der Waals surface area contributed by atoms with E-state index in [2.05, 4.69) is 26.5 Å². The van der Waals surface area contributed by atoms with Gasteiger partial charge in [-0.15, -0.1) is 12.6 Å². The molecule has 0 N–H and O–H groups in total. The first-order valence-corrected chi connectivity index (χ1v) is 6.91. The van der Waals surface area contributed by atoms with Crippen LogP contribution < -0.4 is 0 Å². The molecule has 0 aromatic carbocycles. The Morgan fingerprint density at radius 1 is 1.30 bits per heavy atom. The highest BCUT2D eigenvalue weighted by atomic mass is 32.2. The number of esters is 1. The van der Waals surface area contributed by atoms with Crippen molar-refractivity contribution < 1.29 is 35.3 Å². The summed E-state index contributed by atoms with van der Waals surface area (Å²) in [6.45, 7) is 4.07. The van der Waals surface area contributed by atoms with Crippen LogP contribution in [0.3, 0.4) is 0 Å². The highest BCUT2D eigenvalue weighted by Gasteiger charge is 2.49. The summed E-state index contributed by atoms with van der Waals surface area (Å²) < 4.78 is 66.7. The molecule has 0 fully saturated rings. The van der Waals surface area contributed by atoms with Crippen LogP contribution in [0.1, 0.15) is 20.8 Å². The zero-order chi connectivity index (χ0) is 16.1. The highest BCUT2D eigenvalue weighted by Crippen LogP contribution is 2.28. The molecule has 0 rings (SSSR count). The van der Waals surface area contributed by atoms with Crippen molar-refractivity contribution in [3.05, 3.63) is 10.8 Å². The standard InChI is InChI=1S/C9H12F3NO5S2/c1-4-17-8(14)6(19)7(13-5(2)3)18-20(15,16)9(10,11)12/h19H,4H2,1-3H3/b7-6+.